The van der Waals surface area contributed by atoms with Crippen LogP contribution in [0.1, 0.15) is 5.56 Å². The fourth-order valence-corrected chi connectivity index (χ4v) is 1.96. The summed E-state index contributed by atoms with van der Waals surface area (Å²) in [7, 11) is 1.45. The lowest BCUT2D eigenvalue weighted by molar-refractivity contribution is -0.0498. The summed E-state index contributed by atoms with van der Waals surface area (Å²) in [5.74, 6) is 0.424. The van der Waals surface area contributed by atoms with E-state index in [0.717, 1.165) is 5.56 Å². The Bertz CT molecular complexity index is 585. The molecule has 0 aliphatic rings. The predicted octanol–water partition coefficient (Wildman–Crippen LogP) is 3.46. The second kappa shape index (κ2) is 6.34. The first-order valence-electron chi connectivity index (χ1n) is 5.97. The zero-order valence-electron chi connectivity index (χ0n) is 10.8. The Balaban J connectivity index is 2.49. The molecule has 0 aliphatic carbocycles. The Morgan fingerprint density at radius 2 is 1.80 bits per heavy atom. The van der Waals surface area contributed by atoms with Crippen LogP contribution in [-0.2, 0) is 6.61 Å². The third-order valence-corrected chi connectivity index (χ3v) is 2.84. The Morgan fingerprint density at radius 1 is 1.10 bits per heavy atom. The molecule has 0 spiro atoms. The molecule has 2 aromatic rings. The van der Waals surface area contributed by atoms with Gasteiger partial charge in [0, 0.05) is 6.07 Å². The highest BCUT2D eigenvalue weighted by molar-refractivity contribution is 5.70. The minimum absolute atomic E-state index is 0.0158. The number of aliphatic hydroxyl groups is 1. The molecule has 5 heteroatoms. The van der Waals surface area contributed by atoms with Crippen LogP contribution in [0.25, 0.3) is 11.1 Å². The molecule has 0 amide bonds. The van der Waals surface area contributed by atoms with Crippen LogP contribution >= 0.6 is 0 Å². The van der Waals surface area contributed by atoms with E-state index < -0.39 is 6.61 Å². The van der Waals surface area contributed by atoms with E-state index in [1.807, 2.05) is 6.07 Å². The molecular formula is C15H14F2O3. The average molecular weight is 280 g/mol. The molecule has 0 heterocycles. The fraction of sp³-hybridized carbons (Fsp3) is 0.200. The average Bonchev–Trinajstić information content (AvgIpc) is 2.46. The third kappa shape index (κ3) is 3.24. The lowest BCUT2D eigenvalue weighted by Crippen LogP contribution is -2.02. The number of methoxy groups -OCH3 is 1. The lowest BCUT2D eigenvalue weighted by atomic mass is 9.99. The highest BCUT2D eigenvalue weighted by atomic mass is 19.3. The molecule has 0 fully saturated rings. The number of benzene rings is 2. The van der Waals surface area contributed by atoms with Gasteiger partial charge in [-0.05, 0) is 28.8 Å². The molecule has 0 saturated heterocycles. The maximum Gasteiger partial charge on any atom is 0.387 e. The van der Waals surface area contributed by atoms with E-state index >= 15 is 0 Å². The van der Waals surface area contributed by atoms with Gasteiger partial charge in [0.05, 0.1) is 13.7 Å². The van der Waals surface area contributed by atoms with Crippen molar-refractivity contribution in [3.05, 3.63) is 48.0 Å². The van der Waals surface area contributed by atoms with E-state index in [2.05, 4.69) is 4.74 Å². The molecule has 0 bridgehead atoms. The first kappa shape index (κ1) is 14.3. The zero-order chi connectivity index (χ0) is 14.5. The minimum Gasteiger partial charge on any atom is -0.497 e. The van der Waals surface area contributed by atoms with Crippen LogP contribution in [-0.4, -0.2) is 18.8 Å². The normalized spacial score (nSPS) is 10.7. The van der Waals surface area contributed by atoms with Crippen LogP contribution in [0.2, 0.25) is 0 Å². The summed E-state index contributed by atoms with van der Waals surface area (Å²) in [6.07, 6.45) is 0. The highest BCUT2D eigenvalue weighted by Crippen LogP contribution is 2.32. The quantitative estimate of drug-likeness (QED) is 0.911. The van der Waals surface area contributed by atoms with Gasteiger partial charge in [-0.1, -0.05) is 24.3 Å². The van der Waals surface area contributed by atoms with Gasteiger partial charge >= 0.3 is 6.61 Å². The van der Waals surface area contributed by atoms with Crippen LogP contribution in [0.15, 0.2) is 42.5 Å². The molecule has 0 radical (unpaired) electrons. The van der Waals surface area contributed by atoms with Crippen molar-refractivity contribution in [2.24, 2.45) is 0 Å². The summed E-state index contributed by atoms with van der Waals surface area (Å²) < 4.78 is 34.2. The molecule has 0 saturated carbocycles. The Labute approximate surface area is 115 Å². The minimum atomic E-state index is -2.90. The highest BCUT2D eigenvalue weighted by Gasteiger charge is 2.11. The van der Waals surface area contributed by atoms with Gasteiger partial charge in [-0.15, -0.1) is 0 Å². The first-order valence-corrected chi connectivity index (χ1v) is 5.97. The molecule has 0 unspecified atom stereocenters. The van der Waals surface area contributed by atoms with Crippen molar-refractivity contribution >= 4 is 0 Å². The number of rotatable bonds is 5. The summed E-state index contributed by atoms with van der Waals surface area (Å²) in [5, 5.41) is 9.34. The smallest absolute Gasteiger partial charge is 0.387 e. The Morgan fingerprint density at radius 3 is 2.45 bits per heavy atom. The molecule has 1 N–H and O–H groups in total. The maximum absolute atomic E-state index is 12.3. The Hall–Kier alpha value is -2.14. The van der Waals surface area contributed by atoms with Crippen molar-refractivity contribution in [2.75, 3.05) is 7.11 Å². The van der Waals surface area contributed by atoms with E-state index in [4.69, 9.17) is 4.74 Å². The van der Waals surface area contributed by atoms with E-state index in [-0.39, 0.29) is 12.4 Å². The van der Waals surface area contributed by atoms with Crippen LogP contribution in [0.4, 0.5) is 8.78 Å². The number of hydrogen-bond donors (Lipinski definition) is 1. The van der Waals surface area contributed by atoms with Crippen LogP contribution in [0.3, 0.4) is 0 Å². The third-order valence-electron chi connectivity index (χ3n) is 2.84. The van der Waals surface area contributed by atoms with E-state index in [0.29, 0.717) is 16.9 Å². The maximum atomic E-state index is 12.3. The zero-order valence-corrected chi connectivity index (χ0v) is 10.8. The molecule has 3 nitrogen and oxygen atoms in total. The molecule has 0 atom stereocenters. The number of aliphatic hydroxyl groups excluding tert-OH is 1. The van der Waals surface area contributed by atoms with Crippen molar-refractivity contribution in [2.45, 2.75) is 13.2 Å². The number of alkyl halides is 2. The van der Waals surface area contributed by atoms with E-state index in [1.165, 1.54) is 19.2 Å². The summed E-state index contributed by atoms with van der Waals surface area (Å²) in [6, 6.07) is 11.7. The number of halogens is 2. The molecule has 2 aromatic carbocycles. The largest absolute Gasteiger partial charge is 0.497 e. The monoisotopic (exact) mass is 280 g/mol. The van der Waals surface area contributed by atoms with Crippen molar-refractivity contribution in [1.82, 2.24) is 0 Å². The molecule has 2 rings (SSSR count). The molecule has 0 aliphatic heterocycles. The van der Waals surface area contributed by atoms with Gasteiger partial charge in [-0.3, -0.25) is 0 Å². The first-order chi connectivity index (χ1) is 9.63. The molecule has 20 heavy (non-hydrogen) atoms. The van der Waals surface area contributed by atoms with Gasteiger partial charge in [0.2, 0.25) is 0 Å². The standard InChI is InChI=1S/C15H14F2O3/c1-19-12-6-11(7-13(8-12)20-15(16)17)14-5-3-2-4-10(14)9-18/h2-8,15,18H,9H2,1H3. The second-order valence-electron chi connectivity index (χ2n) is 4.09. The second-order valence-corrected chi connectivity index (χ2v) is 4.09. The van der Waals surface area contributed by atoms with Gasteiger partial charge in [0.25, 0.3) is 0 Å². The van der Waals surface area contributed by atoms with Crippen LogP contribution in [0.5, 0.6) is 11.5 Å². The van der Waals surface area contributed by atoms with Crippen molar-refractivity contribution in [1.29, 1.82) is 0 Å². The van der Waals surface area contributed by atoms with Gasteiger partial charge in [-0.2, -0.15) is 8.78 Å². The van der Waals surface area contributed by atoms with E-state index in [1.54, 1.807) is 24.3 Å². The molecule has 0 aromatic heterocycles. The topological polar surface area (TPSA) is 38.7 Å². The fourth-order valence-electron chi connectivity index (χ4n) is 1.96. The SMILES string of the molecule is COc1cc(OC(F)F)cc(-c2ccccc2CO)c1. The number of hydrogen-bond acceptors (Lipinski definition) is 3. The summed E-state index contributed by atoms with van der Waals surface area (Å²) >= 11 is 0. The van der Waals surface area contributed by atoms with Crippen LogP contribution < -0.4 is 9.47 Å². The van der Waals surface area contributed by atoms with E-state index in [9.17, 15) is 13.9 Å². The van der Waals surface area contributed by atoms with Crippen molar-refractivity contribution in [3.63, 3.8) is 0 Å². The van der Waals surface area contributed by atoms with Crippen LogP contribution in [0, 0.1) is 0 Å². The van der Waals surface area contributed by atoms with Gasteiger partial charge in [0.1, 0.15) is 11.5 Å². The van der Waals surface area contributed by atoms with Crippen molar-refractivity contribution in [3.8, 4) is 22.6 Å². The molecule has 106 valence electrons. The Kier molecular flexibility index (Phi) is 4.53. The summed E-state index contributed by atoms with van der Waals surface area (Å²) in [6.45, 7) is -3.04. The van der Waals surface area contributed by atoms with Gasteiger partial charge in [0.15, 0.2) is 0 Å². The molecular weight excluding hydrogens is 266 g/mol. The van der Waals surface area contributed by atoms with Gasteiger partial charge < -0.3 is 14.6 Å². The number of ether oxygens (including phenoxy) is 2. The van der Waals surface area contributed by atoms with Gasteiger partial charge in [-0.25, -0.2) is 0 Å². The lowest BCUT2D eigenvalue weighted by Gasteiger charge is -2.12. The summed E-state index contributed by atoms with van der Waals surface area (Å²) in [4.78, 5) is 0. The van der Waals surface area contributed by atoms with Crippen molar-refractivity contribution < 1.29 is 23.4 Å². The summed E-state index contributed by atoms with van der Waals surface area (Å²) in [5.41, 5.74) is 2.08. The predicted molar refractivity (Wildman–Crippen MR) is 71.0 cm³/mol.